The lowest BCUT2D eigenvalue weighted by atomic mass is 10.0. The van der Waals surface area contributed by atoms with Crippen molar-refractivity contribution in [3.8, 4) is 0 Å². The van der Waals surface area contributed by atoms with Crippen LogP contribution in [0, 0.1) is 11.8 Å². The molecule has 1 aromatic rings. The number of nitrogens with one attached hydrogen (secondary N) is 1. The summed E-state index contributed by atoms with van der Waals surface area (Å²) >= 11 is 0. The van der Waals surface area contributed by atoms with Crippen LogP contribution in [0.15, 0.2) is 30.3 Å². The van der Waals surface area contributed by atoms with Crippen molar-refractivity contribution >= 4 is 5.91 Å². The zero-order valence-corrected chi connectivity index (χ0v) is 10.5. The molecule has 1 rings (SSSR count). The van der Waals surface area contributed by atoms with E-state index in [2.05, 4.69) is 5.32 Å². The molecule has 0 fully saturated rings. The molecule has 2 N–H and O–H groups in total. The molecule has 0 bridgehead atoms. The van der Waals surface area contributed by atoms with Gasteiger partial charge in [-0.3, -0.25) is 4.79 Å². The smallest absolute Gasteiger partial charge is 0.223 e. The Morgan fingerprint density at radius 2 is 1.94 bits per heavy atom. The van der Waals surface area contributed by atoms with E-state index in [1.165, 1.54) is 5.56 Å². The van der Waals surface area contributed by atoms with E-state index in [4.69, 9.17) is 5.11 Å². The lowest BCUT2D eigenvalue weighted by Crippen LogP contribution is -2.34. The second-order valence-electron chi connectivity index (χ2n) is 4.62. The predicted octanol–water partition coefficient (Wildman–Crippen LogP) is 1.61. The molecule has 0 aliphatic heterocycles. The molecule has 1 amide bonds. The van der Waals surface area contributed by atoms with Gasteiger partial charge in [0, 0.05) is 19.1 Å². The Hall–Kier alpha value is -1.35. The molecule has 0 radical (unpaired) electrons. The van der Waals surface area contributed by atoms with Crippen LogP contribution in [0.2, 0.25) is 0 Å². The first-order chi connectivity index (χ1) is 8.13. The Labute approximate surface area is 103 Å². The molecule has 1 aromatic carbocycles. The molecule has 0 heterocycles. The van der Waals surface area contributed by atoms with Gasteiger partial charge in [-0.2, -0.15) is 0 Å². The van der Waals surface area contributed by atoms with Gasteiger partial charge >= 0.3 is 0 Å². The van der Waals surface area contributed by atoms with Crippen molar-refractivity contribution < 1.29 is 9.90 Å². The van der Waals surface area contributed by atoms with Gasteiger partial charge in [0.2, 0.25) is 5.91 Å². The van der Waals surface area contributed by atoms with E-state index < -0.39 is 0 Å². The van der Waals surface area contributed by atoms with Gasteiger partial charge in [0.15, 0.2) is 0 Å². The summed E-state index contributed by atoms with van der Waals surface area (Å²) in [5.74, 6) is 0.125. The first kappa shape index (κ1) is 13.7. The van der Waals surface area contributed by atoms with E-state index in [1.807, 2.05) is 44.2 Å². The summed E-state index contributed by atoms with van der Waals surface area (Å²) in [5, 5.41) is 11.7. The van der Waals surface area contributed by atoms with Crippen LogP contribution in [-0.4, -0.2) is 24.2 Å². The summed E-state index contributed by atoms with van der Waals surface area (Å²) in [7, 11) is 0. The molecule has 2 unspecified atom stereocenters. The normalized spacial score (nSPS) is 14.1. The van der Waals surface area contributed by atoms with Crippen LogP contribution in [0.1, 0.15) is 19.4 Å². The highest BCUT2D eigenvalue weighted by Gasteiger charge is 2.13. The second kappa shape index (κ2) is 7.07. The van der Waals surface area contributed by atoms with Crippen molar-refractivity contribution in [1.82, 2.24) is 5.32 Å². The van der Waals surface area contributed by atoms with Crippen LogP contribution in [0.5, 0.6) is 0 Å². The number of amides is 1. The number of benzene rings is 1. The van der Waals surface area contributed by atoms with Gasteiger partial charge in [0.25, 0.3) is 0 Å². The maximum absolute atomic E-state index is 11.8. The Kier molecular flexibility index (Phi) is 5.70. The van der Waals surface area contributed by atoms with Crippen molar-refractivity contribution in [2.24, 2.45) is 11.8 Å². The number of carbonyl (C=O) groups excluding carboxylic acids is 1. The van der Waals surface area contributed by atoms with Crippen LogP contribution in [0.25, 0.3) is 0 Å². The first-order valence-electron chi connectivity index (χ1n) is 6.06. The van der Waals surface area contributed by atoms with Crippen LogP contribution < -0.4 is 5.32 Å². The average molecular weight is 235 g/mol. The fourth-order valence-electron chi connectivity index (χ4n) is 1.57. The number of carbonyl (C=O) groups is 1. The molecule has 17 heavy (non-hydrogen) atoms. The molecule has 3 nitrogen and oxygen atoms in total. The Morgan fingerprint density at radius 3 is 2.53 bits per heavy atom. The van der Waals surface area contributed by atoms with Gasteiger partial charge in [0.05, 0.1) is 0 Å². The SMILES string of the molecule is CC(CO)CNC(=O)C(C)Cc1ccccc1. The third-order valence-corrected chi connectivity index (χ3v) is 2.77. The van der Waals surface area contributed by atoms with Gasteiger partial charge < -0.3 is 10.4 Å². The Morgan fingerprint density at radius 1 is 1.29 bits per heavy atom. The number of aliphatic hydroxyl groups is 1. The molecule has 0 aliphatic rings. The second-order valence-corrected chi connectivity index (χ2v) is 4.62. The summed E-state index contributed by atoms with van der Waals surface area (Å²) in [6, 6.07) is 9.99. The first-order valence-corrected chi connectivity index (χ1v) is 6.06. The standard InChI is InChI=1S/C14H21NO2/c1-11(10-16)9-15-14(17)12(2)8-13-6-4-3-5-7-13/h3-7,11-12,16H,8-10H2,1-2H3,(H,15,17). The van der Waals surface area contributed by atoms with Crippen molar-refractivity contribution in [3.05, 3.63) is 35.9 Å². The quantitative estimate of drug-likeness (QED) is 0.787. The van der Waals surface area contributed by atoms with Gasteiger partial charge in [-0.1, -0.05) is 44.2 Å². The Balaban J connectivity index is 2.37. The van der Waals surface area contributed by atoms with Gasteiger partial charge in [-0.15, -0.1) is 0 Å². The molecular formula is C14H21NO2. The van der Waals surface area contributed by atoms with E-state index in [-0.39, 0.29) is 24.3 Å². The van der Waals surface area contributed by atoms with E-state index in [0.29, 0.717) is 6.54 Å². The maximum atomic E-state index is 11.8. The fraction of sp³-hybridized carbons (Fsp3) is 0.500. The minimum absolute atomic E-state index is 0.0386. The van der Waals surface area contributed by atoms with Gasteiger partial charge in [-0.05, 0) is 17.9 Å². The molecule has 3 heteroatoms. The molecule has 0 aromatic heterocycles. The summed E-state index contributed by atoms with van der Waals surface area (Å²) in [6.45, 7) is 4.47. The molecule has 2 atom stereocenters. The lowest BCUT2D eigenvalue weighted by molar-refractivity contribution is -0.124. The lowest BCUT2D eigenvalue weighted by Gasteiger charge is -2.14. The topological polar surface area (TPSA) is 49.3 Å². The molecule has 94 valence electrons. The molecular weight excluding hydrogens is 214 g/mol. The van der Waals surface area contributed by atoms with E-state index >= 15 is 0 Å². The van der Waals surface area contributed by atoms with Crippen LogP contribution in [0.3, 0.4) is 0 Å². The van der Waals surface area contributed by atoms with Gasteiger partial charge in [0.1, 0.15) is 0 Å². The summed E-state index contributed by atoms with van der Waals surface area (Å²) in [5.41, 5.74) is 1.17. The van der Waals surface area contributed by atoms with Crippen molar-refractivity contribution in [2.75, 3.05) is 13.2 Å². The zero-order chi connectivity index (χ0) is 12.7. The zero-order valence-electron chi connectivity index (χ0n) is 10.5. The summed E-state index contributed by atoms with van der Waals surface area (Å²) in [6.07, 6.45) is 0.750. The Bertz CT molecular complexity index is 337. The number of rotatable bonds is 6. The third-order valence-electron chi connectivity index (χ3n) is 2.77. The minimum Gasteiger partial charge on any atom is -0.396 e. The minimum atomic E-state index is -0.0386. The highest BCUT2D eigenvalue weighted by atomic mass is 16.3. The number of hydrogen-bond acceptors (Lipinski definition) is 2. The van der Waals surface area contributed by atoms with Crippen LogP contribution in [0.4, 0.5) is 0 Å². The summed E-state index contributed by atoms with van der Waals surface area (Å²) in [4.78, 5) is 11.8. The van der Waals surface area contributed by atoms with E-state index in [0.717, 1.165) is 6.42 Å². The van der Waals surface area contributed by atoms with Crippen molar-refractivity contribution in [2.45, 2.75) is 20.3 Å². The highest BCUT2D eigenvalue weighted by molar-refractivity contribution is 5.78. The number of aliphatic hydroxyl groups excluding tert-OH is 1. The predicted molar refractivity (Wildman–Crippen MR) is 68.6 cm³/mol. The van der Waals surface area contributed by atoms with Crippen molar-refractivity contribution in [3.63, 3.8) is 0 Å². The summed E-state index contributed by atoms with van der Waals surface area (Å²) < 4.78 is 0. The maximum Gasteiger partial charge on any atom is 0.223 e. The molecule has 0 spiro atoms. The highest BCUT2D eigenvalue weighted by Crippen LogP contribution is 2.08. The largest absolute Gasteiger partial charge is 0.396 e. The average Bonchev–Trinajstić information content (AvgIpc) is 2.36. The molecule has 0 saturated carbocycles. The monoisotopic (exact) mass is 235 g/mol. The number of hydrogen-bond donors (Lipinski definition) is 2. The van der Waals surface area contributed by atoms with Gasteiger partial charge in [-0.25, -0.2) is 0 Å². The van der Waals surface area contributed by atoms with Crippen LogP contribution in [-0.2, 0) is 11.2 Å². The van der Waals surface area contributed by atoms with Crippen molar-refractivity contribution in [1.29, 1.82) is 0 Å². The molecule has 0 saturated heterocycles. The van der Waals surface area contributed by atoms with E-state index in [9.17, 15) is 4.79 Å². The fourth-order valence-corrected chi connectivity index (χ4v) is 1.57. The third kappa shape index (κ3) is 5.00. The van der Waals surface area contributed by atoms with E-state index in [1.54, 1.807) is 0 Å². The van der Waals surface area contributed by atoms with Crippen LogP contribution >= 0.6 is 0 Å². The molecule has 0 aliphatic carbocycles.